The second kappa shape index (κ2) is 8.18. The van der Waals surface area contributed by atoms with Crippen LogP contribution in [-0.2, 0) is 19.4 Å². The number of ether oxygens (including phenoxy) is 1. The summed E-state index contributed by atoms with van der Waals surface area (Å²) in [7, 11) is -1.51. The van der Waals surface area contributed by atoms with Crippen molar-refractivity contribution in [2.24, 2.45) is 0 Å². The van der Waals surface area contributed by atoms with Crippen LogP contribution in [0.15, 0.2) is 24.3 Å². The standard InChI is InChI=1S/C19H27N3O5S/c1-14-4-6-16(7-5-14)22-15(2)18(23)21(19(22)24)13-20(9-10-27-3)17-8-11-28(25,26)12-17/h4-7,15,17H,8-13H2,1-3H3/t15-,17-/m1/s1. The first-order valence-corrected chi connectivity index (χ1v) is 11.2. The minimum absolute atomic E-state index is 0.0458. The van der Waals surface area contributed by atoms with Crippen LogP contribution in [0, 0.1) is 6.92 Å². The molecule has 0 aliphatic carbocycles. The number of carbonyl (C=O) groups is 2. The van der Waals surface area contributed by atoms with Crippen molar-refractivity contribution in [1.29, 1.82) is 0 Å². The van der Waals surface area contributed by atoms with Crippen molar-refractivity contribution in [3.05, 3.63) is 29.8 Å². The average Bonchev–Trinajstić information content (AvgIpc) is 3.11. The van der Waals surface area contributed by atoms with Crippen molar-refractivity contribution >= 4 is 27.5 Å². The number of amides is 3. The molecular formula is C19H27N3O5S. The minimum Gasteiger partial charge on any atom is -0.383 e. The number of benzene rings is 1. The first-order valence-electron chi connectivity index (χ1n) is 9.38. The maximum atomic E-state index is 13.0. The molecular weight excluding hydrogens is 382 g/mol. The Kier molecular flexibility index (Phi) is 6.07. The van der Waals surface area contributed by atoms with E-state index in [4.69, 9.17) is 4.74 Å². The summed E-state index contributed by atoms with van der Waals surface area (Å²) in [5, 5.41) is 0. The van der Waals surface area contributed by atoms with E-state index in [1.165, 1.54) is 9.80 Å². The van der Waals surface area contributed by atoms with E-state index in [-0.39, 0.29) is 36.2 Å². The second-order valence-electron chi connectivity index (χ2n) is 7.43. The van der Waals surface area contributed by atoms with Crippen LogP contribution in [-0.4, -0.2) is 80.7 Å². The van der Waals surface area contributed by atoms with Gasteiger partial charge in [0.1, 0.15) is 6.04 Å². The molecule has 2 fully saturated rings. The van der Waals surface area contributed by atoms with Crippen LogP contribution in [0.1, 0.15) is 18.9 Å². The smallest absolute Gasteiger partial charge is 0.333 e. The fourth-order valence-electron chi connectivity index (χ4n) is 3.72. The lowest BCUT2D eigenvalue weighted by molar-refractivity contribution is -0.128. The molecule has 2 aliphatic rings. The molecule has 0 bridgehead atoms. The first kappa shape index (κ1) is 20.8. The predicted octanol–water partition coefficient (Wildman–Crippen LogP) is 1.25. The van der Waals surface area contributed by atoms with Crippen molar-refractivity contribution in [3.63, 3.8) is 0 Å². The zero-order valence-electron chi connectivity index (χ0n) is 16.5. The SMILES string of the molecule is COCCN(CN1C(=O)[C@@H](C)N(c2ccc(C)cc2)C1=O)[C@@H]1CCS(=O)(=O)C1. The van der Waals surface area contributed by atoms with Crippen LogP contribution in [0.4, 0.5) is 10.5 Å². The van der Waals surface area contributed by atoms with E-state index in [9.17, 15) is 18.0 Å². The van der Waals surface area contributed by atoms with Crippen LogP contribution < -0.4 is 4.90 Å². The van der Waals surface area contributed by atoms with Gasteiger partial charge >= 0.3 is 6.03 Å². The molecule has 2 heterocycles. The zero-order chi connectivity index (χ0) is 20.5. The molecule has 154 valence electrons. The fraction of sp³-hybridized carbons (Fsp3) is 0.579. The molecule has 0 aromatic heterocycles. The highest BCUT2D eigenvalue weighted by Gasteiger charge is 2.45. The quantitative estimate of drug-likeness (QED) is 0.630. The molecule has 0 saturated carbocycles. The second-order valence-corrected chi connectivity index (χ2v) is 9.66. The van der Waals surface area contributed by atoms with Gasteiger partial charge < -0.3 is 4.74 Å². The molecule has 2 saturated heterocycles. The van der Waals surface area contributed by atoms with Gasteiger partial charge in [0.25, 0.3) is 5.91 Å². The third-order valence-corrected chi connectivity index (χ3v) is 7.14. The third-order valence-electron chi connectivity index (χ3n) is 5.39. The van der Waals surface area contributed by atoms with Gasteiger partial charge in [-0.25, -0.2) is 18.1 Å². The maximum Gasteiger partial charge on any atom is 0.333 e. The minimum atomic E-state index is -3.08. The molecule has 28 heavy (non-hydrogen) atoms. The summed E-state index contributed by atoms with van der Waals surface area (Å²) in [6.07, 6.45) is 0.500. The number of hydrogen-bond donors (Lipinski definition) is 0. The van der Waals surface area contributed by atoms with E-state index in [2.05, 4.69) is 0 Å². The first-order chi connectivity index (χ1) is 13.2. The van der Waals surface area contributed by atoms with Crippen LogP contribution in [0.5, 0.6) is 0 Å². The summed E-state index contributed by atoms with van der Waals surface area (Å²) in [5.74, 6) is -0.104. The molecule has 3 rings (SSSR count). The molecule has 1 aromatic carbocycles. The number of aryl methyl sites for hydroxylation is 1. The van der Waals surface area contributed by atoms with Gasteiger partial charge in [0.05, 0.1) is 24.8 Å². The van der Waals surface area contributed by atoms with Crippen molar-refractivity contribution in [3.8, 4) is 0 Å². The van der Waals surface area contributed by atoms with Crippen molar-refractivity contribution in [2.45, 2.75) is 32.4 Å². The van der Waals surface area contributed by atoms with Crippen LogP contribution in [0.25, 0.3) is 0 Å². The number of anilines is 1. The van der Waals surface area contributed by atoms with E-state index < -0.39 is 15.9 Å². The Morgan fingerprint density at radius 1 is 1.21 bits per heavy atom. The monoisotopic (exact) mass is 409 g/mol. The summed E-state index contributed by atoms with van der Waals surface area (Å²) < 4.78 is 28.9. The molecule has 2 aliphatic heterocycles. The van der Waals surface area contributed by atoms with Gasteiger partial charge in [-0.15, -0.1) is 0 Å². The van der Waals surface area contributed by atoms with Gasteiger partial charge in [-0.05, 0) is 32.4 Å². The Balaban J connectivity index is 1.79. The summed E-state index contributed by atoms with van der Waals surface area (Å²) in [6.45, 7) is 4.57. The highest BCUT2D eigenvalue weighted by molar-refractivity contribution is 7.91. The number of urea groups is 1. The van der Waals surface area contributed by atoms with Crippen molar-refractivity contribution in [1.82, 2.24) is 9.80 Å². The Hall–Kier alpha value is -1.97. The number of carbonyl (C=O) groups excluding carboxylic acids is 2. The molecule has 9 heteroatoms. The highest BCUT2D eigenvalue weighted by Crippen LogP contribution is 2.27. The lowest BCUT2D eigenvalue weighted by Crippen LogP contribution is -2.48. The van der Waals surface area contributed by atoms with E-state index in [0.717, 1.165) is 5.56 Å². The molecule has 0 spiro atoms. The normalized spacial score (nSPS) is 24.6. The summed E-state index contributed by atoms with van der Waals surface area (Å²) in [4.78, 5) is 30.4. The average molecular weight is 410 g/mol. The molecule has 2 atom stereocenters. The van der Waals surface area contributed by atoms with Gasteiger partial charge in [-0.3, -0.25) is 14.6 Å². The number of hydrogen-bond acceptors (Lipinski definition) is 6. The number of imide groups is 1. The number of nitrogens with zero attached hydrogens (tertiary/aromatic N) is 3. The van der Waals surface area contributed by atoms with Gasteiger partial charge in [-0.2, -0.15) is 0 Å². The molecule has 3 amide bonds. The Morgan fingerprint density at radius 3 is 2.46 bits per heavy atom. The fourth-order valence-corrected chi connectivity index (χ4v) is 5.48. The van der Waals surface area contributed by atoms with Crippen LogP contribution in [0.2, 0.25) is 0 Å². The zero-order valence-corrected chi connectivity index (χ0v) is 17.3. The van der Waals surface area contributed by atoms with E-state index in [1.54, 1.807) is 14.0 Å². The summed E-state index contributed by atoms with van der Waals surface area (Å²) in [6, 6.07) is 6.24. The van der Waals surface area contributed by atoms with Crippen LogP contribution >= 0.6 is 0 Å². The molecule has 0 N–H and O–H groups in total. The van der Waals surface area contributed by atoms with Crippen LogP contribution in [0.3, 0.4) is 0 Å². The lowest BCUT2D eigenvalue weighted by atomic mass is 10.2. The van der Waals surface area contributed by atoms with E-state index in [0.29, 0.717) is 25.3 Å². The molecule has 0 radical (unpaired) electrons. The van der Waals surface area contributed by atoms with Gasteiger partial charge in [0, 0.05) is 25.4 Å². The van der Waals surface area contributed by atoms with Gasteiger partial charge in [0.2, 0.25) is 0 Å². The number of methoxy groups -OCH3 is 1. The van der Waals surface area contributed by atoms with E-state index >= 15 is 0 Å². The topological polar surface area (TPSA) is 87.2 Å². The lowest BCUT2D eigenvalue weighted by Gasteiger charge is -2.30. The molecule has 1 aromatic rings. The number of sulfone groups is 1. The largest absolute Gasteiger partial charge is 0.383 e. The van der Waals surface area contributed by atoms with Crippen molar-refractivity contribution < 1.29 is 22.7 Å². The van der Waals surface area contributed by atoms with Gasteiger partial charge in [-0.1, -0.05) is 17.7 Å². The number of rotatable bonds is 7. The Morgan fingerprint density at radius 2 is 1.89 bits per heavy atom. The summed E-state index contributed by atoms with van der Waals surface area (Å²) >= 11 is 0. The third kappa shape index (κ3) is 4.21. The highest BCUT2D eigenvalue weighted by atomic mass is 32.2. The predicted molar refractivity (Wildman–Crippen MR) is 106 cm³/mol. The van der Waals surface area contributed by atoms with E-state index in [1.807, 2.05) is 36.1 Å². The Bertz CT molecular complexity index is 840. The molecule has 8 nitrogen and oxygen atoms in total. The van der Waals surface area contributed by atoms with Gasteiger partial charge in [0.15, 0.2) is 9.84 Å². The summed E-state index contributed by atoms with van der Waals surface area (Å²) in [5.41, 5.74) is 1.74. The maximum absolute atomic E-state index is 13.0. The molecule has 0 unspecified atom stereocenters. The Labute approximate surface area is 166 Å². The van der Waals surface area contributed by atoms with Crippen molar-refractivity contribution in [2.75, 3.05) is 43.3 Å².